The van der Waals surface area contributed by atoms with Crippen LogP contribution in [-0.4, -0.2) is 39.4 Å². The first-order valence-electron chi connectivity index (χ1n) is 8.00. The van der Waals surface area contributed by atoms with E-state index in [0.717, 1.165) is 24.7 Å². The van der Waals surface area contributed by atoms with Gasteiger partial charge in [0.15, 0.2) is 0 Å². The summed E-state index contributed by atoms with van der Waals surface area (Å²) in [7, 11) is 2.06. The van der Waals surface area contributed by atoms with Crippen molar-refractivity contribution in [3.05, 3.63) is 17.5 Å². The highest BCUT2D eigenvalue weighted by Gasteiger charge is 2.41. The van der Waals surface area contributed by atoms with Crippen molar-refractivity contribution in [1.29, 1.82) is 0 Å². The third kappa shape index (κ3) is 2.63. The average molecular weight is 276 g/mol. The third-order valence-electron chi connectivity index (χ3n) is 5.33. The number of hydrogen-bond acceptors (Lipinski definition) is 3. The van der Waals surface area contributed by atoms with Gasteiger partial charge in [-0.05, 0) is 45.1 Å². The van der Waals surface area contributed by atoms with Gasteiger partial charge < -0.3 is 5.32 Å². The molecule has 2 fully saturated rings. The van der Waals surface area contributed by atoms with E-state index in [-0.39, 0.29) is 5.54 Å². The molecule has 1 saturated heterocycles. The highest BCUT2D eigenvalue weighted by atomic mass is 15.3. The van der Waals surface area contributed by atoms with Crippen molar-refractivity contribution < 1.29 is 0 Å². The van der Waals surface area contributed by atoms with Crippen molar-refractivity contribution in [3.63, 3.8) is 0 Å². The van der Waals surface area contributed by atoms with Gasteiger partial charge in [0.1, 0.15) is 0 Å². The second kappa shape index (κ2) is 5.15. The first-order valence-corrected chi connectivity index (χ1v) is 8.00. The topological polar surface area (TPSA) is 33.1 Å². The van der Waals surface area contributed by atoms with Crippen molar-refractivity contribution in [2.45, 2.75) is 58.2 Å². The second-order valence-corrected chi connectivity index (χ2v) is 6.96. The van der Waals surface area contributed by atoms with Gasteiger partial charge in [0.05, 0.1) is 11.4 Å². The van der Waals surface area contributed by atoms with Crippen LogP contribution in [0.4, 0.5) is 0 Å². The fraction of sp³-hybridized carbons (Fsp3) is 0.812. The summed E-state index contributed by atoms with van der Waals surface area (Å²) >= 11 is 0. The highest BCUT2D eigenvalue weighted by Crippen LogP contribution is 2.36. The lowest BCUT2D eigenvalue weighted by molar-refractivity contribution is 0.0350. The van der Waals surface area contributed by atoms with Gasteiger partial charge in [0, 0.05) is 38.3 Å². The fourth-order valence-electron chi connectivity index (χ4n) is 3.41. The van der Waals surface area contributed by atoms with Crippen LogP contribution in [0.1, 0.15) is 44.5 Å². The van der Waals surface area contributed by atoms with Crippen LogP contribution in [0, 0.1) is 12.8 Å². The van der Waals surface area contributed by atoms with Gasteiger partial charge in [-0.2, -0.15) is 5.10 Å². The van der Waals surface area contributed by atoms with Gasteiger partial charge in [-0.1, -0.05) is 6.92 Å². The molecule has 1 N–H and O–H groups in total. The Morgan fingerprint density at radius 2 is 2.20 bits per heavy atom. The maximum atomic E-state index is 4.49. The molecule has 0 radical (unpaired) electrons. The Morgan fingerprint density at radius 1 is 1.45 bits per heavy atom. The summed E-state index contributed by atoms with van der Waals surface area (Å²) in [5.41, 5.74) is 2.72. The summed E-state index contributed by atoms with van der Waals surface area (Å²) in [6, 6.07) is 2.92. The van der Waals surface area contributed by atoms with Gasteiger partial charge in [-0.15, -0.1) is 0 Å². The van der Waals surface area contributed by atoms with E-state index in [1.165, 1.54) is 31.5 Å². The summed E-state index contributed by atoms with van der Waals surface area (Å²) in [5.74, 6) is 0.923. The lowest BCUT2D eigenvalue weighted by atomic mass is 9.91. The molecule has 0 spiro atoms. The van der Waals surface area contributed by atoms with Crippen LogP contribution in [0.15, 0.2) is 6.07 Å². The first kappa shape index (κ1) is 14.1. The second-order valence-electron chi connectivity index (χ2n) is 6.96. The molecule has 112 valence electrons. The van der Waals surface area contributed by atoms with Gasteiger partial charge in [0.2, 0.25) is 0 Å². The van der Waals surface area contributed by atoms with E-state index in [9.17, 15) is 0 Å². The van der Waals surface area contributed by atoms with E-state index in [4.69, 9.17) is 0 Å². The number of nitrogens with zero attached hydrogens (tertiary/aromatic N) is 3. The standard InChI is InChI=1S/C16H28N4/c1-5-16(3)11-17-15(13-6-7-13)10-20(16)9-14-8-12(2)18-19(14)4/h8,13,15,17H,5-7,9-11H2,1-4H3. The molecule has 20 heavy (non-hydrogen) atoms. The molecule has 2 heterocycles. The minimum Gasteiger partial charge on any atom is -0.311 e. The molecular formula is C16H28N4. The van der Waals surface area contributed by atoms with E-state index in [1.54, 1.807) is 0 Å². The first-order chi connectivity index (χ1) is 9.51. The Labute approximate surface area is 122 Å². The van der Waals surface area contributed by atoms with Crippen LogP contribution in [0.5, 0.6) is 0 Å². The number of aryl methyl sites for hydroxylation is 2. The number of nitrogens with one attached hydrogen (secondary N) is 1. The van der Waals surface area contributed by atoms with Gasteiger partial charge >= 0.3 is 0 Å². The Morgan fingerprint density at radius 3 is 2.75 bits per heavy atom. The molecule has 0 amide bonds. The normalized spacial score (nSPS) is 31.7. The van der Waals surface area contributed by atoms with E-state index >= 15 is 0 Å². The quantitative estimate of drug-likeness (QED) is 0.914. The lowest BCUT2D eigenvalue weighted by Crippen LogP contribution is -2.63. The Balaban J connectivity index is 1.76. The van der Waals surface area contributed by atoms with Gasteiger partial charge in [-0.3, -0.25) is 9.58 Å². The van der Waals surface area contributed by atoms with Crippen LogP contribution < -0.4 is 5.32 Å². The van der Waals surface area contributed by atoms with Gasteiger partial charge in [0.25, 0.3) is 0 Å². The average Bonchev–Trinajstić information content (AvgIpc) is 3.20. The van der Waals surface area contributed by atoms with Crippen LogP contribution in [0.3, 0.4) is 0 Å². The lowest BCUT2D eigenvalue weighted by Gasteiger charge is -2.48. The fourth-order valence-corrected chi connectivity index (χ4v) is 3.41. The number of piperazine rings is 1. The smallest absolute Gasteiger partial charge is 0.0597 e. The van der Waals surface area contributed by atoms with E-state index in [2.05, 4.69) is 49.2 Å². The van der Waals surface area contributed by atoms with Crippen LogP contribution in [0.2, 0.25) is 0 Å². The number of rotatable bonds is 4. The molecule has 3 rings (SSSR count). The summed E-state index contributed by atoms with van der Waals surface area (Å²) in [4.78, 5) is 2.68. The molecule has 2 aliphatic rings. The molecule has 2 unspecified atom stereocenters. The molecule has 2 atom stereocenters. The molecule has 4 nitrogen and oxygen atoms in total. The van der Waals surface area contributed by atoms with E-state index in [0.29, 0.717) is 6.04 Å². The number of aromatic nitrogens is 2. The summed E-state index contributed by atoms with van der Waals surface area (Å²) in [6.45, 7) is 10.1. The largest absolute Gasteiger partial charge is 0.311 e. The SMILES string of the molecule is CCC1(C)CNC(C2CC2)CN1Cc1cc(C)nn1C. The molecule has 1 aromatic rings. The van der Waals surface area contributed by atoms with E-state index < -0.39 is 0 Å². The van der Waals surface area contributed by atoms with Crippen LogP contribution in [0.25, 0.3) is 0 Å². The molecular weight excluding hydrogens is 248 g/mol. The zero-order valence-electron chi connectivity index (χ0n) is 13.3. The van der Waals surface area contributed by atoms with Crippen molar-refractivity contribution in [1.82, 2.24) is 20.0 Å². The maximum absolute atomic E-state index is 4.49. The minimum atomic E-state index is 0.267. The van der Waals surface area contributed by atoms with Gasteiger partial charge in [-0.25, -0.2) is 0 Å². The zero-order chi connectivity index (χ0) is 14.3. The Kier molecular flexibility index (Phi) is 3.63. The summed E-state index contributed by atoms with van der Waals surface area (Å²) < 4.78 is 2.04. The number of hydrogen-bond donors (Lipinski definition) is 1. The zero-order valence-corrected chi connectivity index (χ0v) is 13.3. The molecule has 0 aromatic carbocycles. The predicted octanol–water partition coefficient (Wildman–Crippen LogP) is 2.08. The molecule has 4 heteroatoms. The van der Waals surface area contributed by atoms with Crippen molar-refractivity contribution in [3.8, 4) is 0 Å². The predicted molar refractivity (Wildman–Crippen MR) is 81.6 cm³/mol. The maximum Gasteiger partial charge on any atom is 0.0597 e. The molecule has 0 bridgehead atoms. The molecule has 1 aliphatic carbocycles. The van der Waals surface area contributed by atoms with Crippen molar-refractivity contribution in [2.75, 3.05) is 13.1 Å². The summed E-state index contributed by atoms with van der Waals surface area (Å²) in [5, 5.41) is 8.29. The minimum absolute atomic E-state index is 0.267. The van der Waals surface area contributed by atoms with Crippen molar-refractivity contribution in [2.24, 2.45) is 13.0 Å². The van der Waals surface area contributed by atoms with Crippen LogP contribution >= 0.6 is 0 Å². The molecule has 1 aliphatic heterocycles. The highest BCUT2D eigenvalue weighted by molar-refractivity contribution is 5.10. The third-order valence-corrected chi connectivity index (χ3v) is 5.33. The summed E-state index contributed by atoms with van der Waals surface area (Å²) in [6.07, 6.45) is 4.02. The van der Waals surface area contributed by atoms with Crippen LogP contribution in [-0.2, 0) is 13.6 Å². The molecule has 1 aromatic heterocycles. The molecule has 1 saturated carbocycles. The van der Waals surface area contributed by atoms with Crippen molar-refractivity contribution >= 4 is 0 Å². The Hall–Kier alpha value is -0.870. The monoisotopic (exact) mass is 276 g/mol. The Bertz CT molecular complexity index is 477. The van der Waals surface area contributed by atoms with E-state index in [1.807, 2.05) is 4.68 Å².